The molecule has 0 saturated heterocycles. The first-order valence-electron chi connectivity index (χ1n) is 6.07. The van der Waals surface area contributed by atoms with Crippen LogP contribution in [0.3, 0.4) is 0 Å². The molecule has 0 spiro atoms. The first-order chi connectivity index (χ1) is 8.68. The Morgan fingerprint density at radius 2 is 1.89 bits per heavy atom. The van der Waals surface area contributed by atoms with E-state index < -0.39 is 0 Å². The Kier molecular flexibility index (Phi) is 2.40. The zero-order valence-electron chi connectivity index (χ0n) is 10.9. The van der Waals surface area contributed by atoms with Crippen molar-refractivity contribution in [1.82, 2.24) is 9.67 Å². The molecular formula is C15H16N3+. The van der Waals surface area contributed by atoms with Crippen LogP contribution in [0.2, 0.25) is 0 Å². The summed E-state index contributed by atoms with van der Waals surface area (Å²) in [4.78, 5) is 4.41. The number of hydrogen-bond donors (Lipinski definition) is 0. The van der Waals surface area contributed by atoms with Gasteiger partial charge in [-0.1, -0.05) is 12.1 Å². The van der Waals surface area contributed by atoms with Crippen molar-refractivity contribution >= 4 is 10.9 Å². The maximum absolute atomic E-state index is 4.41. The summed E-state index contributed by atoms with van der Waals surface area (Å²) in [5.74, 6) is 0. The third kappa shape index (κ3) is 1.51. The number of fused-ring (bicyclic) bond motifs is 1. The Labute approximate surface area is 106 Å². The summed E-state index contributed by atoms with van der Waals surface area (Å²) >= 11 is 0. The lowest BCUT2D eigenvalue weighted by Crippen LogP contribution is -2.37. The van der Waals surface area contributed by atoms with E-state index in [4.69, 9.17) is 0 Å². The maximum Gasteiger partial charge on any atom is 0.203 e. The average molecular weight is 238 g/mol. The molecule has 0 radical (unpaired) electrons. The largest absolute Gasteiger partial charge is 0.259 e. The first-order valence-corrected chi connectivity index (χ1v) is 6.07. The SMILES string of the molecule is Cc1ccnc(C)c1-n1c2ccccc2c[n+]1C. The summed E-state index contributed by atoms with van der Waals surface area (Å²) in [6, 6.07) is 10.5. The van der Waals surface area contributed by atoms with Crippen molar-refractivity contribution in [2.45, 2.75) is 13.8 Å². The van der Waals surface area contributed by atoms with Gasteiger partial charge in [-0.25, -0.2) is 0 Å². The van der Waals surface area contributed by atoms with Crippen LogP contribution in [0.25, 0.3) is 16.6 Å². The van der Waals surface area contributed by atoms with Crippen LogP contribution >= 0.6 is 0 Å². The summed E-state index contributed by atoms with van der Waals surface area (Å²) in [7, 11) is 2.06. The lowest BCUT2D eigenvalue weighted by molar-refractivity contribution is -0.742. The van der Waals surface area contributed by atoms with E-state index in [-0.39, 0.29) is 0 Å². The molecule has 0 bridgehead atoms. The number of hydrogen-bond acceptors (Lipinski definition) is 1. The zero-order valence-corrected chi connectivity index (χ0v) is 10.9. The van der Waals surface area contributed by atoms with E-state index in [1.54, 1.807) is 0 Å². The Morgan fingerprint density at radius 1 is 1.11 bits per heavy atom. The summed E-state index contributed by atoms with van der Waals surface area (Å²) in [6.07, 6.45) is 4.00. The summed E-state index contributed by atoms with van der Waals surface area (Å²) in [6.45, 7) is 4.18. The molecule has 0 atom stereocenters. The van der Waals surface area contributed by atoms with Crippen molar-refractivity contribution in [2.24, 2.45) is 7.05 Å². The topological polar surface area (TPSA) is 21.7 Å². The van der Waals surface area contributed by atoms with Gasteiger partial charge in [0.2, 0.25) is 6.20 Å². The van der Waals surface area contributed by atoms with Gasteiger partial charge in [-0.3, -0.25) is 4.98 Å². The molecule has 0 amide bonds. The van der Waals surface area contributed by atoms with Crippen LogP contribution in [0.1, 0.15) is 11.3 Å². The molecule has 18 heavy (non-hydrogen) atoms. The highest BCUT2D eigenvalue weighted by molar-refractivity contribution is 5.79. The van der Waals surface area contributed by atoms with Crippen molar-refractivity contribution in [2.75, 3.05) is 0 Å². The Balaban J connectivity index is 2.42. The number of aromatic nitrogens is 3. The minimum Gasteiger partial charge on any atom is -0.259 e. The molecule has 0 aliphatic heterocycles. The number of rotatable bonds is 1. The molecule has 0 saturated carbocycles. The second kappa shape index (κ2) is 3.95. The lowest BCUT2D eigenvalue weighted by atomic mass is 10.2. The molecule has 0 N–H and O–H groups in total. The molecule has 2 aromatic heterocycles. The molecule has 1 aromatic carbocycles. The average Bonchev–Trinajstić information content (AvgIpc) is 2.66. The van der Waals surface area contributed by atoms with Crippen LogP contribution < -0.4 is 4.68 Å². The highest BCUT2D eigenvalue weighted by Crippen LogP contribution is 2.20. The predicted molar refractivity (Wildman–Crippen MR) is 71.7 cm³/mol. The van der Waals surface area contributed by atoms with Gasteiger partial charge in [0.15, 0.2) is 7.05 Å². The molecule has 3 nitrogen and oxygen atoms in total. The van der Waals surface area contributed by atoms with E-state index >= 15 is 0 Å². The van der Waals surface area contributed by atoms with Crippen LogP contribution in [0, 0.1) is 13.8 Å². The number of aryl methyl sites for hydroxylation is 3. The maximum atomic E-state index is 4.41. The quantitative estimate of drug-likeness (QED) is 0.597. The van der Waals surface area contributed by atoms with Crippen molar-refractivity contribution in [3.05, 3.63) is 54.0 Å². The highest BCUT2D eigenvalue weighted by Gasteiger charge is 2.17. The normalized spacial score (nSPS) is 11.1. The van der Waals surface area contributed by atoms with Crippen molar-refractivity contribution in [3.8, 4) is 5.69 Å². The van der Waals surface area contributed by atoms with E-state index in [9.17, 15) is 0 Å². The van der Waals surface area contributed by atoms with Crippen LogP contribution in [0.4, 0.5) is 0 Å². The highest BCUT2D eigenvalue weighted by atomic mass is 15.4. The van der Waals surface area contributed by atoms with E-state index in [1.165, 1.54) is 22.2 Å². The van der Waals surface area contributed by atoms with Crippen LogP contribution in [0.15, 0.2) is 42.7 Å². The molecular weight excluding hydrogens is 222 g/mol. The standard InChI is InChI=1S/C15H16N3/c1-11-8-9-16-12(2)15(11)18-14-7-5-4-6-13(14)10-17(18)3/h4-10H,1-3H3/q+1. The van der Waals surface area contributed by atoms with Crippen molar-refractivity contribution in [1.29, 1.82) is 0 Å². The number of para-hydroxylation sites is 1. The monoisotopic (exact) mass is 238 g/mol. The smallest absolute Gasteiger partial charge is 0.203 e. The molecule has 2 heterocycles. The fourth-order valence-electron chi connectivity index (χ4n) is 2.50. The van der Waals surface area contributed by atoms with Crippen molar-refractivity contribution in [3.63, 3.8) is 0 Å². The van der Waals surface area contributed by atoms with Crippen LogP contribution in [-0.2, 0) is 7.05 Å². The van der Waals surface area contributed by atoms with E-state index in [2.05, 4.69) is 71.8 Å². The number of benzene rings is 1. The van der Waals surface area contributed by atoms with Gasteiger partial charge in [-0.15, -0.1) is 9.36 Å². The predicted octanol–water partition coefficient (Wildman–Crippen LogP) is 2.47. The minimum absolute atomic E-state index is 1.05. The van der Waals surface area contributed by atoms with Crippen LogP contribution in [-0.4, -0.2) is 9.67 Å². The first kappa shape index (κ1) is 11.0. The summed E-state index contributed by atoms with van der Waals surface area (Å²) < 4.78 is 4.33. The Hall–Kier alpha value is -2.16. The van der Waals surface area contributed by atoms with E-state index in [0.717, 1.165) is 5.69 Å². The van der Waals surface area contributed by atoms with E-state index in [0.29, 0.717) is 0 Å². The molecule has 0 aliphatic carbocycles. The van der Waals surface area contributed by atoms with Crippen molar-refractivity contribution < 1.29 is 4.68 Å². The molecule has 3 aromatic rings. The van der Waals surface area contributed by atoms with Crippen LogP contribution in [0.5, 0.6) is 0 Å². The van der Waals surface area contributed by atoms with Gasteiger partial charge in [0.25, 0.3) is 0 Å². The third-order valence-electron chi connectivity index (χ3n) is 3.33. The fourth-order valence-corrected chi connectivity index (χ4v) is 2.50. The molecule has 90 valence electrons. The van der Waals surface area contributed by atoms with Gasteiger partial charge < -0.3 is 0 Å². The second-order valence-electron chi connectivity index (χ2n) is 4.64. The van der Waals surface area contributed by atoms with Gasteiger partial charge in [0.05, 0.1) is 11.1 Å². The van der Waals surface area contributed by atoms with Gasteiger partial charge in [-0.05, 0) is 37.6 Å². The Morgan fingerprint density at radius 3 is 2.67 bits per heavy atom. The molecule has 0 fully saturated rings. The Bertz CT molecular complexity index is 705. The van der Waals surface area contributed by atoms with Gasteiger partial charge >= 0.3 is 0 Å². The van der Waals surface area contributed by atoms with Gasteiger partial charge in [-0.2, -0.15) is 0 Å². The lowest BCUT2D eigenvalue weighted by Gasteiger charge is -2.08. The molecule has 3 heteroatoms. The minimum atomic E-state index is 1.05. The summed E-state index contributed by atoms with van der Waals surface area (Å²) in [5, 5.41) is 1.24. The second-order valence-corrected chi connectivity index (χ2v) is 4.64. The zero-order chi connectivity index (χ0) is 12.7. The van der Waals surface area contributed by atoms with Gasteiger partial charge in [0.1, 0.15) is 11.2 Å². The van der Waals surface area contributed by atoms with Gasteiger partial charge in [0, 0.05) is 6.20 Å². The molecule has 0 aliphatic rings. The number of pyridine rings is 1. The summed E-state index contributed by atoms with van der Waals surface area (Å²) in [5.41, 5.74) is 4.66. The molecule has 0 unspecified atom stereocenters. The third-order valence-corrected chi connectivity index (χ3v) is 3.33. The van der Waals surface area contributed by atoms with E-state index in [1.807, 2.05) is 6.20 Å². The number of nitrogens with zero attached hydrogens (tertiary/aromatic N) is 3. The molecule has 3 rings (SSSR count). The fraction of sp³-hybridized carbons (Fsp3) is 0.200.